The van der Waals surface area contributed by atoms with Crippen LogP contribution in [0.3, 0.4) is 0 Å². The molecule has 0 aromatic heterocycles. The van der Waals surface area contributed by atoms with Crippen LogP contribution in [0.15, 0.2) is 42.5 Å². The summed E-state index contributed by atoms with van der Waals surface area (Å²) in [6.07, 6.45) is 2.37. The number of hydrogen-bond acceptors (Lipinski definition) is 5. The molecule has 0 fully saturated rings. The first-order valence-electron chi connectivity index (χ1n) is 10.4. The summed E-state index contributed by atoms with van der Waals surface area (Å²) in [5.74, 6) is -0.662. The number of nitrogens with two attached hydrogens (primary N) is 1. The third kappa shape index (κ3) is 6.08. The van der Waals surface area contributed by atoms with Gasteiger partial charge in [-0.3, -0.25) is 4.79 Å². The molecule has 1 amide bonds. The Hall–Kier alpha value is -3.33. The predicted molar refractivity (Wildman–Crippen MR) is 117 cm³/mol. The van der Waals surface area contributed by atoms with Crippen LogP contribution in [0.5, 0.6) is 0 Å². The van der Waals surface area contributed by atoms with Crippen LogP contribution in [0, 0.1) is 11.3 Å². The minimum Gasteiger partial charge on any atom is -0.462 e. The Morgan fingerprint density at radius 2 is 1.93 bits per heavy atom. The number of primary amides is 1. The first-order chi connectivity index (χ1) is 14.6. The maximum absolute atomic E-state index is 12.0. The molecule has 0 atom stereocenters. The van der Waals surface area contributed by atoms with Crippen molar-refractivity contribution in [2.24, 2.45) is 5.73 Å². The third-order valence-corrected chi connectivity index (χ3v) is 4.81. The van der Waals surface area contributed by atoms with Crippen molar-refractivity contribution in [3.05, 3.63) is 64.7 Å². The molecular weight excluding hydrogens is 378 g/mol. The number of rotatable bonds is 8. The number of anilines is 1. The van der Waals surface area contributed by atoms with Gasteiger partial charge in [0.1, 0.15) is 6.07 Å². The monoisotopic (exact) mass is 407 g/mol. The lowest BCUT2D eigenvalue weighted by Gasteiger charge is -2.20. The standard InChI is InChI=1S/C22H23N3O3.C2H6/c23-15-19-14-16(7-8-20(24)26)13-18-9-11-25(21(18)19)10-4-12-28-22(27)17-5-2-1-3-6-17;1-2/h1-3,5-6,13-14H,4,7-12H2,(H2,24,26);1-2H3. The van der Waals surface area contributed by atoms with E-state index in [1.807, 2.05) is 26.0 Å². The lowest BCUT2D eigenvalue weighted by atomic mass is 10.00. The number of nitriles is 1. The zero-order valence-corrected chi connectivity index (χ0v) is 17.7. The maximum atomic E-state index is 12.0. The fourth-order valence-corrected chi connectivity index (χ4v) is 3.49. The average molecular weight is 408 g/mol. The van der Waals surface area contributed by atoms with Crippen LogP contribution < -0.4 is 10.6 Å². The second-order valence-electron chi connectivity index (χ2n) is 6.82. The number of carbonyl (C=O) groups is 2. The largest absolute Gasteiger partial charge is 0.462 e. The number of esters is 1. The molecule has 0 radical (unpaired) electrons. The predicted octanol–water partition coefficient (Wildman–Crippen LogP) is 3.61. The summed E-state index contributed by atoms with van der Waals surface area (Å²) in [7, 11) is 0. The minimum atomic E-state index is -0.342. The first-order valence-corrected chi connectivity index (χ1v) is 10.4. The molecule has 30 heavy (non-hydrogen) atoms. The molecule has 1 aliphatic rings. The van der Waals surface area contributed by atoms with Crippen molar-refractivity contribution < 1.29 is 14.3 Å². The summed E-state index contributed by atoms with van der Waals surface area (Å²) in [5, 5.41) is 9.55. The molecule has 0 spiro atoms. The molecule has 2 aromatic rings. The van der Waals surface area contributed by atoms with E-state index < -0.39 is 0 Å². The lowest BCUT2D eigenvalue weighted by Crippen LogP contribution is -2.24. The van der Waals surface area contributed by atoms with Gasteiger partial charge in [0.25, 0.3) is 0 Å². The molecule has 0 unspecified atom stereocenters. The van der Waals surface area contributed by atoms with E-state index in [0.717, 1.165) is 29.8 Å². The van der Waals surface area contributed by atoms with Crippen LogP contribution in [0.25, 0.3) is 0 Å². The lowest BCUT2D eigenvalue weighted by molar-refractivity contribution is -0.117. The second kappa shape index (κ2) is 11.6. The van der Waals surface area contributed by atoms with Gasteiger partial charge in [0, 0.05) is 19.5 Å². The Kier molecular flexibility index (Phi) is 8.89. The molecule has 6 nitrogen and oxygen atoms in total. The maximum Gasteiger partial charge on any atom is 0.338 e. The van der Waals surface area contributed by atoms with E-state index in [-0.39, 0.29) is 18.3 Å². The van der Waals surface area contributed by atoms with E-state index in [1.54, 1.807) is 24.3 Å². The van der Waals surface area contributed by atoms with Gasteiger partial charge in [0.15, 0.2) is 0 Å². The molecule has 2 N–H and O–H groups in total. The van der Waals surface area contributed by atoms with Gasteiger partial charge >= 0.3 is 5.97 Å². The summed E-state index contributed by atoms with van der Waals surface area (Å²) < 4.78 is 5.33. The number of ether oxygens (including phenoxy) is 1. The van der Waals surface area contributed by atoms with Gasteiger partial charge in [-0.05, 0) is 48.6 Å². The topological polar surface area (TPSA) is 96.4 Å². The van der Waals surface area contributed by atoms with Crippen LogP contribution in [0.1, 0.15) is 53.7 Å². The van der Waals surface area contributed by atoms with Crippen LogP contribution in [-0.4, -0.2) is 31.6 Å². The van der Waals surface area contributed by atoms with E-state index in [4.69, 9.17) is 10.5 Å². The van der Waals surface area contributed by atoms with Gasteiger partial charge in [0.05, 0.1) is 23.4 Å². The van der Waals surface area contributed by atoms with E-state index in [0.29, 0.717) is 37.1 Å². The van der Waals surface area contributed by atoms with E-state index in [1.165, 1.54) is 0 Å². The normalized spacial score (nSPS) is 11.7. The molecular formula is C24H29N3O3. The molecule has 6 heteroatoms. The molecule has 0 saturated carbocycles. The van der Waals surface area contributed by atoms with Crippen LogP contribution in [-0.2, 0) is 22.4 Å². The highest BCUT2D eigenvalue weighted by molar-refractivity contribution is 5.89. The number of amides is 1. The van der Waals surface area contributed by atoms with E-state index in [9.17, 15) is 14.9 Å². The fraction of sp³-hybridized carbons (Fsp3) is 0.375. The molecule has 1 aliphatic heterocycles. The van der Waals surface area contributed by atoms with Crippen LogP contribution in [0.2, 0.25) is 0 Å². The highest BCUT2D eigenvalue weighted by Crippen LogP contribution is 2.33. The number of benzene rings is 2. The number of hydrogen-bond donors (Lipinski definition) is 1. The van der Waals surface area contributed by atoms with Gasteiger partial charge in [-0.1, -0.05) is 38.1 Å². The zero-order valence-electron chi connectivity index (χ0n) is 17.7. The van der Waals surface area contributed by atoms with Crippen molar-refractivity contribution in [2.75, 3.05) is 24.6 Å². The van der Waals surface area contributed by atoms with Crippen molar-refractivity contribution >= 4 is 17.6 Å². The Labute approximate surface area is 178 Å². The van der Waals surface area contributed by atoms with Gasteiger partial charge in [0.2, 0.25) is 5.91 Å². The summed E-state index contributed by atoms with van der Waals surface area (Å²) in [6.45, 7) is 5.87. The van der Waals surface area contributed by atoms with E-state index in [2.05, 4.69) is 17.0 Å². The molecule has 0 bridgehead atoms. The molecule has 1 heterocycles. The summed E-state index contributed by atoms with van der Waals surface area (Å²) in [4.78, 5) is 25.2. The molecule has 2 aromatic carbocycles. The Balaban J connectivity index is 0.00000155. The van der Waals surface area contributed by atoms with Gasteiger partial charge in [-0.15, -0.1) is 0 Å². The van der Waals surface area contributed by atoms with Gasteiger partial charge in [-0.25, -0.2) is 4.79 Å². The molecule has 3 rings (SSSR count). The van der Waals surface area contributed by atoms with Crippen molar-refractivity contribution in [2.45, 2.75) is 39.5 Å². The van der Waals surface area contributed by atoms with Crippen molar-refractivity contribution in [3.63, 3.8) is 0 Å². The summed E-state index contributed by atoms with van der Waals surface area (Å²) in [6, 6.07) is 15.1. The quantitative estimate of drug-likeness (QED) is 0.533. The fourth-order valence-electron chi connectivity index (χ4n) is 3.49. The number of aryl methyl sites for hydroxylation is 1. The Morgan fingerprint density at radius 3 is 2.60 bits per heavy atom. The molecule has 0 saturated heterocycles. The highest BCUT2D eigenvalue weighted by Gasteiger charge is 2.23. The van der Waals surface area contributed by atoms with Gasteiger partial charge in [-0.2, -0.15) is 5.26 Å². The van der Waals surface area contributed by atoms with Crippen molar-refractivity contribution in [3.8, 4) is 6.07 Å². The number of fused-ring (bicyclic) bond motifs is 1. The Bertz CT molecular complexity index is 904. The number of nitrogens with zero attached hydrogens (tertiary/aromatic N) is 2. The van der Waals surface area contributed by atoms with E-state index >= 15 is 0 Å². The SMILES string of the molecule is CC.N#Cc1cc(CCC(N)=O)cc2c1N(CCCOC(=O)c1ccccc1)CC2. The van der Waals surface area contributed by atoms with Gasteiger partial charge < -0.3 is 15.4 Å². The summed E-state index contributed by atoms with van der Waals surface area (Å²) in [5.41, 5.74) is 9.44. The van der Waals surface area contributed by atoms with Crippen LogP contribution >= 0.6 is 0 Å². The summed E-state index contributed by atoms with van der Waals surface area (Å²) >= 11 is 0. The zero-order chi connectivity index (χ0) is 21.9. The molecule has 0 aliphatic carbocycles. The minimum absolute atomic E-state index is 0.278. The third-order valence-electron chi connectivity index (χ3n) is 4.81. The average Bonchev–Trinajstić information content (AvgIpc) is 3.19. The first kappa shape index (κ1) is 23.0. The number of carbonyl (C=O) groups excluding carboxylic acids is 2. The van der Waals surface area contributed by atoms with Crippen molar-refractivity contribution in [1.29, 1.82) is 5.26 Å². The van der Waals surface area contributed by atoms with Crippen LogP contribution in [0.4, 0.5) is 5.69 Å². The molecule has 158 valence electrons. The smallest absolute Gasteiger partial charge is 0.338 e. The highest BCUT2D eigenvalue weighted by atomic mass is 16.5. The Morgan fingerprint density at radius 1 is 1.20 bits per heavy atom. The second-order valence-corrected chi connectivity index (χ2v) is 6.82. The van der Waals surface area contributed by atoms with Crippen molar-refractivity contribution in [1.82, 2.24) is 0 Å².